The molecule has 1 unspecified atom stereocenters. The van der Waals surface area contributed by atoms with Gasteiger partial charge in [-0.1, -0.05) is 18.2 Å². The van der Waals surface area contributed by atoms with Gasteiger partial charge in [-0.25, -0.2) is 4.39 Å². The van der Waals surface area contributed by atoms with Gasteiger partial charge >= 0.3 is 0 Å². The number of likely N-dealkylation sites (tertiary alicyclic amines) is 1. The molecule has 5 heteroatoms. The molecule has 1 amide bonds. The van der Waals surface area contributed by atoms with E-state index in [1.165, 1.54) is 6.07 Å². The molecule has 0 aromatic heterocycles. The molecule has 1 heterocycles. The third-order valence-corrected chi connectivity index (χ3v) is 4.78. The molecule has 1 aliphatic rings. The highest BCUT2D eigenvalue weighted by atomic mass is 35.5. The molecular formula is C20H24ClFN2O. The fourth-order valence-electron chi connectivity index (χ4n) is 3.31. The number of nitrogens with two attached hydrogens (primary N) is 1. The molecule has 2 N–H and O–H groups in total. The van der Waals surface area contributed by atoms with Crippen molar-refractivity contribution in [2.45, 2.75) is 32.2 Å². The second kappa shape index (κ2) is 8.45. The van der Waals surface area contributed by atoms with Gasteiger partial charge in [-0.3, -0.25) is 4.79 Å². The monoisotopic (exact) mass is 362 g/mol. The summed E-state index contributed by atoms with van der Waals surface area (Å²) in [5.41, 5.74) is 9.03. The number of nitrogens with zero attached hydrogens (tertiary/aromatic N) is 1. The summed E-state index contributed by atoms with van der Waals surface area (Å²) in [7, 11) is 0. The first kappa shape index (κ1) is 19.4. The van der Waals surface area contributed by atoms with Gasteiger partial charge in [0, 0.05) is 24.7 Å². The second-order valence-electron chi connectivity index (χ2n) is 6.43. The Bertz CT molecular complexity index is 733. The number of hydrogen-bond donors (Lipinski definition) is 1. The number of amides is 1. The summed E-state index contributed by atoms with van der Waals surface area (Å²) in [6, 6.07) is 12.7. The Labute approximate surface area is 154 Å². The highest BCUT2D eigenvalue weighted by Crippen LogP contribution is 2.24. The Hall–Kier alpha value is -1.91. The first-order chi connectivity index (χ1) is 11.6. The zero-order valence-corrected chi connectivity index (χ0v) is 15.2. The van der Waals surface area contributed by atoms with E-state index in [2.05, 4.69) is 0 Å². The minimum atomic E-state index is -0.205. The van der Waals surface area contributed by atoms with E-state index in [-0.39, 0.29) is 30.2 Å². The van der Waals surface area contributed by atoms with Gasteiger partial charge in [0.05, 0.1) is 0 Å². The quantitative estimate of drug-likeness (QED) is 0.890. The number of carbonyl (C=O) groups is 1. The summed E-state index contributed by atoms with van der Waals surface area (Å²) in [6.07, 6.45) is 3.15. The summed E-state index contributed by atoms with van der Waals surface area (Å²) in [6.45, 7) is 3.04. The van der Waals surface area contributed by atoms with Crippen molar-refractivity contribution in [2.75, 3.05) is 13.1 Å². The molecule has 0 aliphatic carbocycles. The predicted molar refractivity (Wildman–Crippen MR) is 102 cm³/mol. The van der Waals surface area contributed by atoms with E-state index in [1.54, 1.807) is 13.0 Å². The van der Waals surface area contributed by atoms with Crippen LogP contribution in [-0.4, -0.2) is 29.9 Å². The Balaban J connectivity index is 0.00000225. The zero-order chi connectivity index (χ0) is 17.1. The van der Waals surface area contributed by atoms with Crippen molar-refractivity contribution in [3.63, 3.8) is 0 Å². The Morgan fingerprint density at radius 2 is 1.84 bits per heavy atom. The second-order valence-corrected chi connectivity index (χ2v) is 6.43. The molecule has 1 atom stereocenters. The van der Waals surface area contributed by atoms with E-state index in [0.717, 1.165) is 36.9 Å². The van der Waals surface area contributed by atoms with Crippen molar-refractivity contribution >= 4 is 18.3 Å². The van der Waals surface area contributed by atoms with Crippen LogP contribution in [0.4, 0.5) is 4.39 Å². The molecule has 1 aliphatic heterocycles. The number of halogens is 2. The summed E-state index contributed by atoms with van der Waals surface area (Å²) in [5.74, 6) is -0.157. The third-order valence-electron chi connectivity index (χ3n) is 4.78. The SMILES string of the molecule is Cc1cc(-c2ccc(C(=O)N3CCCCC3CN)cc2)ccc1F.Cl. The number of carbonyl (C=O) groups excluding carboxylic acids is 1. The van der Waals surface area contributed by atoms with Gasteiger partial charge < -0.3 is 10.6 Å². The normalized spacial score (nSPS) is 17.1. The van der Waals surface area contributed by atoms with Crippen molar-refractivity contribution in [1.82, 2.24) is 4.90 Å². The number of benzene rings is 2. The van der Waals surface area contributed by atoms with Crippen LogP contribution < -0.4 is 5.73 Å². The molecule has 2 aromatic rings. The molecular weight excluding hydrogens is 339 g/mol. The van der Waals surface area contributed by atoms with Gasteiger partial charge in [-0.05, 0) is 67.1 Å². The molecule has 3 rings (SSSR count). The lowest BCUT2D eigenvalue weighted by Crippen LogP contribution is -2.47. The van der Waals surface area contributed by atoms with Crippen LogP contribution >= 0.6 is 12.4 Å². The van der Waals surface area contributed by atoms with Gasteiger partial charge in [0.15, 0.2) is 0 Å². The summed E-state index contributed by atoms with van der Waals surface area (Å²) < 4.78 is 13.4. The molecule has 134 valence electrons. The summed E-state index contributed by atoms with van der Waals surface area (Å²) in [5, 5.41) is 0. The average molecular weight is 363 g/mol. The van der Waals surface area contributed by atoms with Gasteiger partial charge in [-0.15, -0.1) is 12.4 Å². The molecule has 2 aromatic carbocycles. The van der Waals surface area contributed by atoms with Crippen LogP contribution in [0.2, 0.25) is 0 Å². The maximum absolute atomic E-state index is 13.4. The lowest BCUT2D eigenvalue weighted by atomic mass is 9.99. The topological polar surface area (TPSA) is 46.3 Å². The molecule has 0 spiro atoms. The Kier molecular flexibility index (Phi) is 6.57. The Morgan fingerprint density at radius 3 is 2.48 bits per heavy atom. The molecule has 3 nitrogen and oxygen atoms in total. The minimum Gasteiger partial charge on any atom is -0.334 e. The van der Waals surface area contributed by atoms with E-state index >= 15 is 0 Å². The van der Waals surface area contributed by atoms with Crippen LogP contribution in [0, 0.1) is 12.7 Å². The lowest BCUT2D eigenvalue weighted by Gasteiger charge is -2.35. The molecule has 1 fully saturated rings. The minimum absolute atomic E-state index is 0. The van der Waals surface area contributed by atoms with Crippen LogP contribution in [0.15, 0.2) is 42.5 Å². The number of rotatable bonds is 3. The van der Waals surface area contributed by atoms with Crippen LogP contribution in [0.1, 0.15) is 35.2 Å². The maximum atomic E-state index is 13.4. The first-order valence-corrected chi connectivity index (χ1v) is 8.48. The van der Waals surface area contributed by atoms with Crippen LogP contribution in [0.3, 0.4) is 0 Å². The highest BCUT2D eigenvalue weighted by Gasteiger charge is 2.26. The highest BCUT2D eigenvalue weighted by molar-refractivity contribution is 5.95. The summed E-state index contributed by atoms with van der Waals surface area (Å²) >= 11 is 0. The number of aryl methyl sites for hydroxylation is 1. The van der Waals surface area contributed by atoms with Gasteiger partial charge in [0.1, 0.15) is 5.82 Å². The van der Waals surface area contributed by atoms with Crippen LogP contribution in [-0.2, 0) is 0 Å². The van der Waals surface area contributed by atoms with Crippen molar-refractivity contribution in [1.29, 1.82) is 0 Å². The Morgan fingerprint density at radius 1 is 1.16 bits per heavy atom. The van der Waals surface area contributed by atoms with Crippen LogP contribution in [0.5, 0.6) is 0 Å². The van der Waals surface area contributed by atoms with E-state index < -0.39 is 0 Å². The van der Waals surface area contributed by atoms with E-state index in [0.29, 0.717) is 17.7 Å². The van der Waals surface area contributed by atoms with Crippen molar-refractivity contribution in [3.05, 3.63) is 59.4 Å². The van der Waals surface area contributed by atoms with Crippen molar-refractivity contribution in [2.24, 2.45) is 5.73 Å². The molecule has 0 radical (unpaired) electrons. The van der Waals surface area contributed by atoms with E-state index in [9.17, 15) is 9.18 Å². The van der Waals surface area contributed by atoms with E-state index in [4.69, 9.17) is 5.73 Å². The average Bonchev–Trinajstić information content (AvgIpc) is 2.63. The maximum Gasteiger partial charge on any atom is 0.254 e. The number of piperidine rings is 1. The molecule has 0 saturated carbocycles. The largest absolute Gasteiger partial charge is 0.334 e. The first-order valence-electron chi connectivity index (χ1n) is 8.48. The molecule has 25 heavy (non-hydrogen) atoms. The fraction of sp³-hybridized carbons (Fsp3) is 0.350. The molecule has 0 bridgehead atoms. The zero-order valence-electron chi connectivity index (χ0n) is 14.4. The van der Waals surface area contributed by atoms with Crippen LogP contribution in [0.25, 0.3) is 11.1 Å². The lowest BCUT2D eigenvalue weighted by molar-refractivity contribution is 0.0623. The summed E-state index contributed by atoms with van der Waals surface area (Å²) in [4.78, 5) is 14.6. The standard InChI is InChI=1S/C20H23FN2O.ClH/c1-14-12-17(9-10-19(14)21)15-5-7-16(8-6-15)20(24)23-11-3-2-4-18(23)13-22;/h5-10,12,18H,2-4,11,13,22H2,1H3;1H. The van der Waals surface area contributed by atoms with Gasteiger partial charge in [-0.2, -0.15) is 0 Å². The predicted octanol–water partition coefficient (Wildman–Crippen LogP) is 4.18. The number of hydrogen-bond acceptors (Lipinski definition) is 2. The fourth-order valence-corrected chi connectivity index (χ4v) is 3.31. The van der Waals surface area contributed by atoms with Crippen molar-refractivity contribution < 1.29 is 9.18 Å². The van der Waals surface area contributed by atoms with Gasteiger partial charge in [0.25, 0.3) is 5.91 Å². The third kappa shape index (κ3) is 4.20. The molecule has 1 saturated heterocycles. The van der Waals surface area contributed by atoms with Gasteiger partial charge in [0.2, 0.25) is 0 Å². The van der Waals surface area contributed by atoms with E-state index in [1.807, 2.05) is 35.2 Å². The van der Waals surface area contributed by atoms with Crippen molar-refractivity contribution in [3.8, 4) is 11.1 Å². The smallest absolute Gasteiger partial charge is 0.254 e.